The van der Waals surface area contributed by atoms with E-state index in [2.05, 4.69) is 31.3 Å². The molecule has 0 aromatic heterocycles. The first-order valence-corrected chi connectivity index (χ1v) is 5.78. The molecule has 0 saturated carbocycles. The van der Waals surface area contributed by atoms with Crippen LogP contribution in [0, 0.1) is 13.8 Å². The van der Waals surface area contributed by atoms with Crippen LogP contribution >= 0.6 is 0 Å². The summed E-state index contributed by atoms with van der Waals surface area (Å²) in [4.78, 5) is 0. The molecule has 0 amide bonds. The highest BCUT2D eigenvalue weighted by Crippen LogP contribution is 2.29. The largest absolute Gasteiger partial charge is 0.494 e. The predicted molar refractivity (Wildman–Crippen MR) is 69.2 cm³/mol. The minimum Gasteiger partial charge on any atom is -0.494 e. The molecule has 3 nitrogen and oxygen atoms in total. The molecule has 0 atom stereocenters. The Morgan fingerprint density at radius 1 is 1.25 bits per heavy atom. The van der Waals surface area contributed by atoms with Crippen molar-refractivity contribution in [3.63, 3.8) is 0 Å². The topological polar surface area (TPSA) is 47.3 Å². The van der Waals surface area contributed by atoms with Crippen molar-refractivity contribution in [2.45, 2.75) is 26.7 Å². The number of anilines is 1. The van der Waals surface area contributed by atoms with Gasteiger partial charge < -0.3 is 15.8 Å². The molecular formula is C13H22N2O. The van der Waals surface area contributed by atoms with Crippen LogP contribution in [0.4, 0.5) is 5.69 Å². The number of rotatable bonds is 6. The van der Waals surface area contributed by atoms with Gasteiger partial charge in [0.2, 0.25) is 0 Å². The number of unbranched alkanes of at least 4 members (excludes halogenated alkanes) is 1. The van der Waals surface area contributed by atoms with Gasteiger partial charge in [-0.3, -0.25) is 0 Å². The average molecular weight is 222 g/mol. The Kier molecular flexibility index (Phi) is 5.12. The summed E-state index contributed by atoms with van der Waals surface area (Å²) in [5.41, 5.74) is 8.96. The first-order valence-electron chi connectivity index (χ1n) is 5.78. The highest BCUT2D eigenvalue weighted by molar-refractivity contribution is 5.61. The Morgan fingerprint density at radius 3 is 2.62 bits per heavy atom. The molecule has 1 aromatic carbocycles. The van der Waals surface area contributed by atoms with Crippen LogP contribution in [0.5, 0.6) is 5.75 Å². The fraction of sp³-hybridized carbons (Fsp3) is 0.538. The summed E-state index contributed by atoms with van der Waals surface area (Å²) in [6.07, 6.45) is 2.15. The zero-order valence-corrected chi connectivity index (χ0v) is 10.5. The molecule has 0 radical (unpaired) electrons. The number of benzene rings is 1. The quantitative estimate of drug-likeness (QED) is 0.727. The van der Waals surface area contributed by atoms with E-state index >= 15 is 0 Å². The molecule has 0 aliphatic rings. The Hall–Kier alpha value is -1.22. The van der Waals surface area contributed by atoms with Gasteiger partial charge in [-0.25, -0.2) is 0 Å². The molecule has 3 N–H and O–H groups in total. The van der Waals surface area contributed by atoms with E-state index < -0.39 is 0 Å². The third-order valence-corrected chi connectivity index (χ3v) is 2.57. The number of hydrogen-bond acceptors (Lipinski definition) is 3. The van der Waals surface area contributed by atoms with E-state index in [1.165, 1.54) is 11.1 Å². The van der Waals surface area contributed by atoms with Crippen LogP contribution in [-0.4, -0.2) is 20.2 Å². The Balaban J connectivity index is 2.69. The fourth-order valence-corrected chi connectivity index (χ4v) is 1.85. The average Bonchev–Trinajstić information content (AvgIpc) is 2.24. The highest BCUT2D eigenvalue weighted by atomic mass is 16.5. The number of hydrogen-bond donors (Lipinski definition) is 2. The van der Waals surface area contributed by atoms with Crippen LogP contribution in [0.2, 0.25) is 0 Å². The lowest BCUT2D eigenvalue weighted by Crippen LogP contribution is -2.07. The van der Waals surface area contributed by atoms with E-state index in [1.807, 2.05) is 0 Å². The lowest BCUT2D eigenvalue weighted by atomic mass is 10.1. The van der Waals surface area contributed by atoms with E-state index in [4.69, 9.17) is 10.5 Å². The Labute approximate surface area is 98.0 Å². The summed E-state index contributed by atoms with van der Waals surface area (Å²) in [5, 5.41) is 3.40. The molecule has 0 bridgehead atoms. The van der Waals surface area contributed by atoms with Gasteiger partial charge in [0, 0.05) is 6.54 Å². The van der Waals surface area contributed by atoms with Gasteiger partial charge in [0.05, 0.1) is 12.8 Å². The monoisotopic (exact) mass is 222 g/mol. The molecule has 0 heterocycles. The third kappa shape index (κ3) is 3.42. The summed E-state index contributed by atoms with van der Waals surface area (Å²) >= 11 is 0. The van der Waals surface area contributed by atoms with Crippen molar-refractivity contribution < 1.29 is 4.74 Å². The molecule has 0 saturated heterocycles. The molecule has 0 aliphatic carbocycles. The SMILES string of the molecule is COc1c(C)cc(C)cc1NCCCCN. The van der Waals surface area contributed by atoms with Crippen molar-refractivity contribution in [3.8, 4) is 5.75 Å². The van der Waals surface area contributed by atoms with Crippen LogP contribution in [0.3, 0.4) is 0 Å². The maximum absolute atomic E-state index is 5.46. The molecule has 0 spiro atoms. The second-order valence-electron chi connectivity index (χ2n) is 4.09. The molecule has 0 unspecified atom stereocenters. The standard InChI is InChI=1S/C13H22N2O/c1-10-8-11(2)13(16-3)12(9-10)15-7-5-4-6-14/h8-9,15H,4-7,14H2,1-3H3. The first-order chi connectivity index (χ1) is 7.69. The summed E-state index contributed by atoms with van der Waals surface area (Å²) in [7, 11) is 1.71. The van der Waals surface area contributed by atoms with Crippen molar-refractivity contribution in [1.82, 2.24) is 0 Å². The van der Waals surface area contributed by atoms with Crippen molar-refractivity contribution in [1.29, 1.82) is 0 Å². The fourth-order valence-electron chi connectivity index (χ4n) is 1.85. The molecule has 1 rings (SSSR count). The predicted octanol–water partition coefficient (Wildman–Crippen LogP) is 2.46. The van der Waals surface area contributed by atoms with Crippen LogP contribution in [0.1, 0.15) is 24.0 Å². The lowest BCUT2D eigenvalue weighted by Gasteiger charge is -2.14. The molecule has 16 heavy (non-hydrogen) atoms. The molecular weight excluding hydrogens is 200 g/mol. The second-order valence-corrected chi connectivity index (χ2v) is 4.09. The van der Waals surface area contributed by atoms with Gasteiger partial charge in [-0.15, -0.1) is 0 Å². The summed E-state index contributed by atoms with van der Waals surface area (Å²) in [5.74, 6) is 0.943. The smallest absolute Gasteiger partial charge is 0.144 e. The van der Waals surface area contributed by atoms with E-state index in [-0.39, 0.29) is 0 Å². The lowest BCUT2D eigenvalue weighted by molar-refractivity contribution is 0.413. The molecule has 0 aliphatic heterocycles. The third-order valence-electron chi connectivity index (χ3n) is 2.57. The van der Waals surface area contributed by atoms with E-state index in [0.717, 1.165) is 37.4 Å². The number of nitrogens with one attached hydrogen (secondary N) is 1. The van der Waals surface area contributed by atoms with Crippen molar-refractivity contribution in [3.05, 3.63) is 23.3 Å². The van der Waals surface area contributed by atoms with E-state index in [0.29, 0.717) is 0 Å². The van der Waals surface area contributed by atoms with Gasteiger partial charge in [0.25, 0.3) is 0 Å². The Bertz CT molecular complexity index is 337. The van der Waals surface area contributed by atoms with Crippen LogP contribution < -0.4 is 15.8 Å². The Morgan fingerprint density at radius 2 is 2.00 bits per heavy atom. The van der Waals surface area contributed by atoms with Crippen LogP contribution in [-0.2, 0) is 0 Å². The molecule has 90 valence electrons. The summed E-state index contributed by atoms with van der Waals surface area (Å²) in [6, 6.07) is 4.25. The van der Waals surface area contributed by atoms with Crippen LogP contribution in [0.15, 0.2) is 12.1 Å². The van der Waals surface area contributed by atoms with Gasteiger partial charge in [-0.1, -0.05) is 6.07 Å². The highest BCUT2D eigenvalue weighted by Gasteiger charge is 2.06. The normalized spacial score (nSPS) is 10.2. The second kappa shape index (κ2) is 6.38. The number of methoxy groups -OCH3 is 1. The number of nitrogens with two attached hydrogens (primary N) is 1. The minimum absolute atomic E-state index is 0.756. The van der Waals surface area contributed by atoms with Crippen LogP contribution in [0.25, 0.3) is 0 Å². The zero-order chi connectivity index (χ0) is 12.0. The minimum atomic E-state index is 0.756. The van der Waals surface area contributed by atoms with Crippen molar-refractivity contribution in [2.75, 3.05) is 25.5 Å². The first kappa shape index (κ1) is 12.8. The van der Waals surface area contributed by atoms with Gasteiger partial charge in [0.15, 0.2) is 0 Å². The molecule has 0 fully saturated rings. The van der Waals surface area contributed by atoms with Crippen molar-refractivity contribution >= 4 is 5.69 Å². The zero-order valence-electron chi connectivity index (χ0n) is 10.5. The summed E-state index contributed by atoms with van der Waals surface area (Å²) < 4.78 is 5.40. The maximum Gasteiger partial charge on any atom is 0.144 e. The maximum atomic E-state index is 5.46. The van der Waals surface area contributed by atoms with Gasteiger partial charge in [0.1, 0.15) is 5.75 Å². The summed E-state index contributed by atoms with van der Waals surface area (Å²) in [6.45, 7) is 5.86. The molecule has 3 heteroatoms. The van der Waals surface area contributed by atoms with Crippen molar-refractivity contribution in [2.24, 2.45) is 5.73 Å². The number of aryl methyl sites for hydroxylation is 2. The number of ether oxygens (including phenoxy) is 1. The van der Waals surface area contributed by atoms with E-state index in [9.17, 15) is 0 Å². The van der Waals surface area contributed by atoms with Gasteiger partial charge in [-0.05, 0) is 50.4 Å². The van der Waals surface area contributed by atoms with Gasteiger partial charge in [-0.2, -0.15) is 0 Å². The van der Waals surface area contributed by atoms with E-state index in [1.54, 1.807) is 7.11 Å². The molecule has 1 aromatic rings. The van der Waals surface area contributed by atoms with Gasteiger partial charge >= 0.3 is 0 Å².